The Morgan fingerprint density at radius 2 is 1.84 bits per heavy atom. The van der Waals surface area contributed by atoms with Crippen LogP contribution in [0.4, 0.5) is 0 Å². The summed E-state index contributed by atoms with van der Waals surface area (Å²) in [6.45, 7) is 0.358. The molecule has 0 aliphatic heterocycles. The molecule has 0 spiro atoms. The highest BCUT2D eigenvalue weighted by Gasteiger charge is 2.41. The predicted molar refractivity (Wildman–Crippen MR) is 73.5 cm³/mol. The Hall–Kier alpha value is -0.910. The van der Waals surface area contributed by atoms with Gasteiger partial charge in [0.1, 0.15) is 0 Å². The highest BCUT2D eigenvalue weighted by molar-refractivity contribution is 7.90. The first-order valence-electron chi connectivity index (χ1n) is 6.65. The van der Waals surface area contributed by atoms with E-state index in [0.29, 0.717) is 6.54 Å². The van der Waals surface area contributed by atoms with E-state index < -0.39 is 15.6 Å². The van der Waals surface area contributed by atoms with E-state index in [2.05, 4.69) is 16.9 Å². The van der Waals surface area contributed by atoms with E-state index in [4.69, 9.17) is 4.74 Å². The van der Waals surface area contributed by atoms with Crippen molar-refractivity contribution in [1.82, 2.24) is 4.72 Å². The maximum Gasteiger partial charge on any atom is 0.214 e. The lowest BCUT2D eigenvalue weighted by Gasteiger charge is -2.27. The fourth-order valence-corrected chi connectivity index (χ4v) is 4.19. The lowest BCUT2D eigenvalue weighted by molar-refractivity contribution is 0.00378. The second kappa shape index (κ2) is 4.58. The van der Waals surface area contributed by atoms with Crippen molar-refractivity contribution in [2.75, 3.05) is 13.7 Å². The van der Waals surface area contributed by atoms with Crippen LogP contribution in [0, 0.1) is 0 Å². The molecule has 1 saturated carbocycles. The molecule has 1 aromatic rings. The minimum Gasteiger partial charge on any atom is -0.376 e. The SMILES string of the molecule is COC1(CNS(=O)(=O)C2CC2)Cc2ccccc2C1. The standard InChI is InChI=1S/C14H19NO3S/c1-18-14(10-15-19(16,17)13-6-7-13)8-11-4-2-3-5-12(11)9-14/h2-5,13,15H,6-10H2,1H3. The van der Waals surface area contributed by atoms with Gasteiger partial charge in [0.2, 0.25) is 10.0 Å². The lowest BCUT2D eigenvalue weighted by Crippen LogP contribution is -2.46. The molecule has 0 radical (unpaired) electrons. The number of nitrogens with one attached hydrogen (secondary N) is 1. The second-order valence-corrected chi connectivity index (χ2v) is 7.62. The van der Waals surface area contributed by atoms with Crippen molar-refractivity contribution in [3.05, 3.63) is 35.4 Å². The van der Waals surface area contributed by atoms with E-state index in [9.17, 15) is 8.42 Å². The van der Waals surface area contributed by atoms with Crippen molar-refractivity contribution in [2.45, 2.75) is 36.5 Å². The molecule has 0 unspecified atom stereocenters. The van der Waals surface area contributed by atoms with Gasteiger partial charge in [0.15, 0.2) is 0 Å². The lowest BCUT2D eigenvalue weighted by atomic mass is 10.0. The number of ether oxygens (including phenoxy) is 1. The Labute approximate surface area is 114 Å². The van der Waals surface area contributed by atoms with E-state index in [1.807, 2.05) is 12.1 Å². The summed E-state index contributed by atoms with van der Waals surface area (Å²) in [7, 11) is -1.48. The molecular formula is C14H19NO3S. The number of fused-ring (bicyclic) bond motifs is 1. The van der Waals surface area contributed by atoms with Crippen molar-refractivity contribution in [2.24, 2.45) is 0 Å². The Balaban J connectivity index is 1.72. The molecule has 5 heteroatoms. The zero-order chi connectivity index (χ0) is 13.5. The van der Waals surface area contributed by atoms with Gasteiger partial charge < -0.3 is 4.74 Å². The fraction of sp³-hybridized carbons (Fsp3) is 0.571. The van der Waals surface area contributed by atoms with E-state index in [1.165, 1.54) is 11.1 Å². The van der Waals surface area contributed by atoms with Crippen LogP contribution in [0.15, 0.2) is 24.3 Å². The molecule has 4 nitrogen and oxygen atoms in total. The zero-order valence-corrected chi connectivity index (χ0v) is 11.9. The Kier molecular flexibility index (Phi) is 3.15. The van der Waals surface area contributed by atoms with Gasteiger partial charge in [-0.05, 0) is 24.0 Å². The molecule has 0 aromatic heterocycles. The van der Waals surface area contributed by atoms with Crippen LogP contribution in [0.25, 0.3) is 0 Å². The van der Waals surface area contributed by atoms with Crippen LogP contribution < -0.4 is 4.72 Å². The van der Waals surface area contributed by atoms with Crippen LogP contribution in [0.5, 0.6) is 0 Å². The monoisotopic (exact) mass is 281 g/mol. The average Bonchev–Trinajstić information content (AvgIpc) is 3.18. The molecule has 2 aliphatic rings. The third kappa shape index (κ3) is 2.55. The second-order valence-electron chi connectivity index (χ2n) is 5.57. The van der Waals surface area contributed by atoms with Crippen LogP contribution in [0.3, 0.4) is 0 Å². The zero-order valence-electron chi connectivity index (χ0n) is 11.1. The molecule has 0 bridgehead atoms. The molecular weight excluding hydrogens is 262 g/mol. The summed E-state index contributed by atoms with van der Waals surface area (Å²) in [6, 6.07) is 8.20. The number of hydrogen-bond acceptors (Lipinski definition) is 3. The van der Waals surface area contributed by atoms with Gasteiger partial charge in [-0.3, -0.25) is 0 Å². The molecule has 0 saturated heterocycles. The Morgan fingerprint density at radius 1 is 1.26 bits per heavy atom. The number of methoxy groups -OCH3 is 1. The van der Waals surface area contributed by atoms with Crippen LogP contribution in [-0.4, -0.2) is 32.9 Å². The summed E-state index contributed by atoms with van der Waals surface area (Å²) in [5.74, 6) is 0. The third-order valence-electron chi connectivity index (χ3n) is 4.14. The van der Waals surface area contributed by atoms with Gasteiger partial charge in [0, 0.05) is 26.5 Å². The Morgan fingerprint density at radius 3 is 2.32 bits per heavy atom. The maximum atomic E-state index is 11.9. The van der Waals surface area contributed by atoms with Gasteiger partial charge in [-0.15, -0.1) is 0 Å². The molecule has 104 valence electrons. The quantitative estimate of drug-likeness (QED) is 0.884. The number of benzene rings is 1. The van der Waals surface area contributed by atoms with E-state index >= 15 is 0 Å². The highest BCUT2D eigenvalue weighted by Crippen LogP contribution is 2.33. The number of rotatable bonds is 5. The van der Waals surface area contributed by atoms with Crippen molar-refractivity contribution >= 4 is 10.0 Å². The average molecular weight is 281 g/mol. The topological polar surface area (TPSA) is 55.4 Å². The van der Waals surface area contributed by atoms with Gasteiger partial charge >= 0.3 is 0 Å². The first kappa shape index (κ1) is 13.1. The van der Waals surface area contributed by atoms with E-state index in [0.717, 1.165) is 25.7 Å². The normalized spacial score (nSPS) is 21.3. The van der Waals surface area contributed by atoms with Crippen LogP contribution in [-0.2, 0) is 27.6 Å². The molecule has 0 atom stereocenters. The number of sulfonamides is 1. The third-order valence-corrected chi connectivity index (χ3v) is 6.03. The summed E-state index contributed by atoms with van der Waals surface area (Å²) >= 11 is 0. The summed E-state index contributed by atoms with van der Waals surface area (Å²) < 4.78 is 32.2. The summed E-state index contributed by atoms with van der Waals surface area (Å²) in [4.78, 5) is 0. The molecule has 19 heavy (non-hydrogen) atoms. The minimum absolute atomic E-state index is 0.176. The Bertz CT molecular complexity index is 553. The van der Waals surface area contributed by atoms with Crippen LogP contribution >= 0.6 is 0 Å². The summed E-state index contributed by atoms with van der Waals surface area (Å²) in [6.07, 6.45) is 3.12. The first-order valence-corrected chi connectivity index (χ1v) is 8.20. The number of hydrogen-bond donors (Lipinski definition) is 1. The predicted octanol–water partition coefficient (Wildman–Crippen LogP) is 1.25. The van der Waals surface area contributed by atoms with Crippen LogP contribution in [0.2, 0.25) is 0 Å². The maximum absolute atomic E-state index is 11.9. The highest BCUT2D eigenvalue weighted by atomic mass is 32.2. The van der Waals surface area contributed by atoms with Gasteiger partial charge in [0.25, 0.3) is 0 Å². The van der Waals surface area contributed by atoms with Crippen molar-refractivity contribution in [3.8, 4) is 0 Å². The smallest absolute Gasteiger partial charge is 0.214 e. The molecule has 1 N–H and O–H groups in total. The van der Waals surface area contributed by atoms with Gasteiger partial charge in [-0.1, -0.05) is 24.3 Å². The molecule has 2 aliphatic carbocycles. The molecule has 1 aromatic carbocycles. The molecule has 0 heterocycles. The fourth-order valence-electron chi connectivity index (χ4n) is 2.73. The molecule has 0 amide bonds. The first-order chi connectivity index (χ1) is 9.05. The van der Waals surface area contributed by atoms with Gasteiger partial charge in [0.05, 0.1) is 10.9 Å². The van der Waals surface area contributed by atoms with Crippen molar-refractivity contribution < 1.29 is 13.2 Å². The van der Waals surface area contributed by atoms with Crippen molar-refractivity contribution in [3.63, 3.8) is 0 Å². The van der Waals surface area contributed by atoms with Gasteiger partial charge in [-0.2, -0.15) is 0 Å². The summed E-state index contributed by atoms with van der Waals surface area (Å²) in [5.41, 5.74) is 2.09. The van der Waals surface area contributed by atoms with E-state index in [-0.39, 0.29) is 5.25 Å². The summed E-state index contributed by atoms with van der Waals surface area (Å²) in [5, 5.41) is -0.176. The minimum atomic E-state index is -3.14. The van der Waals surface area contributed by atoms with E-state index in [1.54, 1.807) is 7.11 Å². The van der Waals surface area contributed by atoms with Crippen molar-refractivity contribution in [1.29, 1.82) is 0 Å². The molecule has 3 rings (SSSR count). The van der Waals surface area contributed by atoms with Gasteiger partial charge in [-0.25, -0.2) is 13.1 Å². The largest absolute Gasteiger partial charge is 0.376 e. The van der Waals surface area contributed by atoms with Crippen LogP contribution in [0.1, 0.15) is 24.0 Å². The molecule has 1 fully saturated rings.